The van der Waals surface area contributed by atoms with Crippen molar-refractivity contribution in [2.75, 3.05) is 13.2 Å². The van der Waals surface area contributed by atoms with Crippen LogP contribution in [0.1, 0.15) is 58.8 Å². The van der Waals surface area contributed by atoms with Crippen molar-refractivity contribution in [1.29, 1.82) is 0 Å². The van der Waals surface area contributed by atoms with Gasteiger partial charge in [0.05, 0.1) is 18.6 Å². The van der Waals surface area contributed by atoms with E-state index in [1.165, 1.54) is 12.8 Å². The molecule has 2 saturated carbocycles. The Bertz CT molecular complexity index is 620. The number of hydrogen-bond acceptors (Lipinski definition) is 2. The molecule has 1 unspecified atom stereocenters. The molecule has 1 heterocycles. The van der Waals surface area contributed by atoms with Gasteiger partial charge < -0.3 is 9.47 Å². The molecule has 0 aromatic carbocycles. The van der Waals surface area contributed by atoms with E-state index in [1.54, 1.807) is 5.57 Å². The lowest BCUT2D eigenvalue weighted by molar-refractivity contribution is -0.273. The van der Waals surface area contributed by atoms with E-state index < -0.39 is 5.79 Å². The van der Waals surface area contributed by atoms with Gasteiger partial charge in [-0.15, -0.1) is 13.0 Å². The lowest BCUT2D eigenvalue weighted by Crippen LogP contribution is -2.62. The summed E-state index contributed by atoms with van der Waals surface area (Å²) in [6.45, 7) is 10.4. The number of fused-ring (bicyclic) bond motifs is 3. The van der Waals surface area contributed by atoms with Gasteiger partial charge in [-0.3, -0.25) is 0 Å². The highest BCUT2D eigenvalue weighted by Crippen LogP contribution is 2.69. The van der Waals surface area contributed by atoms with E-state index in [1.807, 2.05) is 0 Å². The van der Waals surface area contributed by atoms with Gasteiger partial charge in [0.25, 0.3) is 0 Å². The van der Waals surface area contributed by atoms with Gasteiger partial charge in [-0.1, -0.05) is 31.9 Å². The Labute approximate surface area is 146 Å². The van der Waals surface area contributed by atoms with Crippen molar-refractivity contribution in [1.82, 2.24) is 0 Å². The Hall–Kier alpha value is -1.04. The topological polar surface area (TPSA) is 18.5 Å². The molecular formula is C22H30O2. The third kappa shape index (κ3) is 1.81. The molecule has 4 atom stereocenters. The van der Waals surface area contributed by atoms with Crippen LogP contribution in [-0.4, -0.2) is 19.0 Å². The largest absolute Gasteiger partial charge is 0.347 e. The molecule has 1 saturated heterocycles. The molecule has 0 amide bonds. The predicted octanol–water partition coefficient (Wildman–Crippen LogP) is 4.86. The monoisotopic (exact) mass is 326 g/mol. The van der Waals surface area contributed by atoms with Crippen LogP contribution in [0.25, 0.3) is 0 Å². The smallest absolute Gasteiger partial charge is 0.177 e. The van der Waals surface area contributed by atoms with Gasteiger partial charge in [0.1, 0.15) is 0 Å². The first-order valence-electron chi connectivity index (χ1n) is 9.57. The van der Waals surface area contributed by atoms with E-state index in [-0.39, 0.29) is 16.2 Å². The first-order valence-corrected chi connectivity index (χ1v) is 9.57. The third-order valence-electron chi connectivity index (χ3n) is 7.89. The van der Waals surface area contributed by atoms with Gasteiger partial charge in [0.2, 0.25) is 0 Å². The van der Waals surface area contributed by atoms with Crippen molar-refractivity contribution in [2.24, 2.45) is 22.2 Å². The minimum Gasteiger partial charge on any atom is -0.347 e. The maximum absolute atomic E-state index is 6.22. The maximum atomic E-state index is 6.22. The van der Waals surface area contributed by atoms with Crippen LogP contribution in [0.5, 0.6) is 0 Å². The molecule has 0 aromatic heterocycles. The van der Waals surface area contributed by atoms with Crippen molar-refractivity contribution < 1.29 is 9.47 Å². The lowest BCUT2D eigenvalue weighted by Gasteiger charge is -2.64. The van der Waals surface area contributed by atoms with E-state index in [9.17, 15) is 0 Å². The first kappa shape index (κ1) is 16.4. The second-order valence-corrected chi connectivity index (χ2v) is 8.68. The van der Waals surface area contributed by atoms with Crippen molar-refractivity contribution >= 4 is 0 Å². The summed E-state index contributed by atoms with van der Waals surface area (Å²) in [5.74, 6) is 3.22. The average molecular weight is 326 g/mol. The van der Waals surface area contributed by atoms with Gasteiger partial charge in [-0.25, -0.2) is 0 Å². The van der Waals surface area contributed by atoms with E-state index in [0.29, 0.717) is 19.1 Å². The summed E-state index contributed by atoms with van der Waals surface area (Å²) < 4.78 is 12.4. The molecule has 0 N–H and O–H groups in total. The van der Waals surface area contributed by atoms with Crippen molar-refractivity contribution in [3.05, 3.63) is 24.3 Å². The third-order valence-corrected chi connectivity index (χ3v) is 7.89. The Kier molecular flexibility index (Phi) is 3.58. The van der Waals surface area contributed by atoms with Gasteiger partial charge >= 0.3 is 0 Å². The fraction of sp³-hybridized carbons (Fsp3) is 0.727. The fourth-order valence-electron chi connectivity index (χ4n) is 6.58. The SMILES string of the molecule is C#C[C@]12CCCC=C1[C@@]1(C)CCC3(OCCO3)[C@@](C)(C=C)C1CC2. The molecule has 2 heteroatoms. The van der Waals surface area contributed by atoms with Crippen LogP contribution in [0, 0.1) is 34.5 Å². The number of ether oxygens (including phenoxy) is 2. The molecule has 1 aliphatic heterocycles. The van der Waals surface area contributed by atoms with E-state index in [2.05, 4.69) is 38.5 Å². The number of allylic oxidation sites excluding steroid dienone is 2. The zero-order valence-corrected chi connectivity index (χ0v) is 15.2. The standard InChI is InChI=1S/C22H30O2/c1-5-20(4)17-10-12-21(6-2)11-8-7-9-18(21)19(17,3)13-14-22(20)23-15-16-24-22/h2,5,9,17H,1,7-8,10-16H2,3-4H3/t17?,19-,20-,21+/m0/s1. The summed E-state index contributed by atoms with van der Waals surface area (Å²) in [6.07, 6.45) is 18.5. The molecule has 4 aliphatic rings. The molecule has 4 rings (SSSR count). The summed E-state index contributed by atoms with van der Waals surface area (Å²) >= 11 is 0. The first-order chi connectivity index (χ1) is 11.5. The number of terminal acetylenes is 1. The Morgan fingerprint density at radius 1 is 1.21 bits per heavy atom. The molecular weight excluding hydrogens is 296 g/mol. The zero-order valence-electron chi connectivity index (χ0n) is 15.2. The quantitative estimate of drug-likeness (QED) is 0.506. The summed E-state index contributed by atoms with van der Waals surface area (Å²) in [7, 11) is 0. The maximum Gasteiger partial charge on any atom is 0.177 e. The molecule has 1 spiro atoms. The van der Waals surface area contributed by atoms with Crippen molar-refractivity contribution in [3.63, 3.8) is 0 Å². The molecule has 2 nitrogen and oxygen atoms in total. The van der Waals surface area contributed by atoms with E-state index in [4.69, 9.17) is 15.9 Å². The Morgan fingerprint density at radius 3 is 2.62 bits per heavy atom. The van der Waals surface area contributed by atoms with Crippen LogP contribution in [-0.2, 0) is 9.47 Å². The fourth-order valence-corrected chi connectivity index (χ4v) is 6.58. The van der Waals surface area contributed by atoms with Gasteiger partial charge in [0.15, 0.2) is 5.79 Å². The normalized spacial score (nSPS) is 46.5. The lowest BCUT2D eigenvalue weighted by atomic mass is 9.42. The summed E-state index contributed by atoms with van der Waals surface area (Å²) in [6, 6.07) is 0. The second-order valence-electron chi connectivity index (χ2n) is 8.68. The minimum absolute atomic E-state index is 0.00647. The van der Waals surface area contributed by atoms with Crippen LogP contribution in [0.4, 0.5) is 0 Å². The molecule has 0 bridgehead atoms. The number of rotatable bonds is 1. The summed E-state index contributed by atoms with van der Waals surface area (Å²) in [4.78, 5) is 0. The van der Waals surface area contributed by atoms with Crippen LogP contribution in [0.2, 0.25) is 0 Å². The van der Waals surface area contributed by atoms with Crippen LogP contribution in [0.3, 0.4) is 0 Å². The van der Waals surface area contributed by atoms with Crippen LogP contribution < -0.4 is 0 Å². The molecule has 24 heavy (non-hydrogen) atoms. The predicted molar refractivity (Wildman–Crippen MR) is 96.2 cm³/mol. The molecule has 0 aromatic rings. The van der Waals surface area contributed by atoms with Crippen molar-refractivity contribution in [3.8, 4) is 12.3 Å². The highest BCUT2D eigenvalue weighted by atomic mass is 16.7. The second kappa shape index (κ2) is 5.23. The summed E-state index contributed by atoms with van der Waals surface area (Å²) in [5, 5.41) is 0. The van der Waals surface area contributed by atoms with Gasteiger partial charge in [-0.05, 0) is 55.4 Å². The highest BCUT2D eigenvalue weighted by Gasteiger charge is 2.66. The van der Waals surface area contributed by atoms with Crippen LogP contribution in [0.15, 0.2) is 24.3 Å². The zero-order chi connectivity index (χ0) is 17.1. The minimum atomic E-state index is -0.482. The molecule has 0 radical (unpaired) electrons. The molecule has 130 valence electrons. The number of hydrogen-bond donors (Lipinski definition) is 0. The Balaban J connectivity index is 1.82. The van der Waals surface area contributed by atoms with E-state index >= 15 is 0 Å². The van der Waals surface area contributed by atoms with Gasteiger partial charge in [0, 0.05) is 11.8 Å². The molecule has 3 fully saturated rings. The van der Waals surface area contributed by atoms with Crippen molar-refractivity contribution in [2.45, 2.75) is 64.6 Å². The summed E-state index contributed by atoms with van der Waals surface area (Å²) in [5.41, 5.74) is 1.50. The van der Waals surface area contributed by atoms with E-state index in [0.717, 1.165) is 32.1 Å². The highest BCUT2D eigenvalue weighted by molar-refractivity contribution is 5.39. The average Bonchev–Trinajstić information content (AvgIpc) is 3.09. The molecule has 3 aliphatic carbocycles. The Morgan fingerprint density at radius 2 is 1.96 bits per heavy atom. The van der Waals surface area contributed by atoms with Crippen LogP contribution >= 0.6 is 0 Å². The van der Waals surface area contributed by atoms with Gasteiger partial charge in [-0.2, -0.15) is 0 Å².